The predicted octanol–water partition coefficient (Wildman–Crippen LogP) is 2.22. The van der Waals surface area contributed by atoms with Crippen LogP contribution in [0.1, 0.15) is 24.0 Å². The fourth-order valence-corrected chi connectivity index (χ4v) is 2.67. The monoisotopic (exact) mass is 327 g/mol. The Labute approximate surface area is 141 Å². The molecular weight excluding hydrogens is 306 g/mol. The van der Waals surface area contributed by atoms with E-state index in [0.29, 0.717) is 18.1 Å². The number of oxime groups is 1. The van der Waals surface area contributed by atoms with Crippen LogP contribution in [-0.2, 0) is 11.4 Å². The quantitative estimate of drug-likeness (QED) is 0.647. The highest BCUT2D eigenvalue weighted by molar-refractivity contribution is 5.89. The number of anilines is 2. The van der Waals surface area contributed by atoms with Gasteiger partial charge in [0.15, 0.2) is 0 Å². The minimum Gasteiger partial charge on any atom is -0.480 e. The van der Waals surface area contributed by atoms with Crippen LogP contribution >= 0.6 is 0 Å². The average molecular weight is 327 g/mol. The second kappa shape index (κ2) is 7.63. The van der Waals surface area contributed by atoms with Crippen molar-refractivity contribution < 1.29 is 9.57 Å². The van der Waals surface area contributed by atoms with Gasteiger partial charge in [-0.1, -0.05) is 35.5 Å². The van der Waals surface area contributed by atoms with Crippen LogP contribution in [0.4, 0.5) is 11.8 Å². The highest BCUT2D eigenvalue weighted by atomic mass is 16.6. The number of methoxy groups -OCH3 is 1. The zero-order valence-electron chi connectivity index (χ0n) is 13.7. The van der Waals surface area contributed by atoms with Gasteiger partial charge >= 0.3 is 0 Å². The SMILES string of the molecule is COc1nc(N)nc(N2CCCC2)c1/C=N/OCc1ccccc1. The number of nitrogens with two attached hydrogens (primary N) is 1. The fourth-order valence-electron chi connectivity index (χ4n) is 2.67. The van der Waals surface area contributed by atoms with Crippen molar-refractivity contribution in [3.8, 4) is 5.88 Å². The molecule has 1 aromatic carbocycles. The summed E-state index contributed by atoms with van der Waals surface area (Å²) in [6, 6.07) is 9.86. The zero-order valence-corrected chi connectivity index (χ0v) is 13.7. The standard InChI is InChI=1S/C17H21N5O2/c1-23-16-14(11-19-24-12-13-7-3-2-4-8-13)15(20-17(18)21-16)22-9-5-6-10-22/h2-4,7-8,11H,5-6,9-10,12H2,1H3,(H2,18,20,21)/b19-11+. The van der Waals surface area contributed by atoms with Gasteiger partial charge in [-0.3, -0.25) is 0 Å². The summed E-state index contributed by atoms with van der Waals surface area (Å²) in [5, 5.41) is 4.05. The summed E-state index contributed by atoms with van der Waals surface area (Å²) >= 11 is 0. The van der Waals surface area contributed by atoms with Gasteiger partial charge in [0.05, 0.1) is 13.3 Å². The molecule has 0 radical (unpaired) electrons. The summed E-state index contributed by atoms with van der Waals surface area (Å²) in [5.41, 5.74) is 7.53. The molecule has 3 rings (SSSR count). The van der Waals surface area contributed by atoms with Gasteiger partial charge in [-0.25, -0.2) is 0 Å². The Morgan fingerprint density at radius 2 is 1.96 bits per heavy atom. The Kier molecular flexibility index (Phi) is 5.10. The molecule has 0 amide bonds. The van der Waals surface area contributed by atoms with Crippen LogP contribution in [0.2, 0.25) is 0 Å². The van der Waals surface area contributed by atoms with Crippen LogP contribution in [0, 0.1) is 0 Å². The van der Waals surface area contributed by atoms with E-state index in [1.165, 1.54) is 0 Å². The van der Waals surface area contributed by atoms with Gasteiger partial charge in [0.1, 0.15) is 18.0 Å². The summed E-state index contributed by atoms with van der Waals surface area (Å²) in [6.45, 7) is 2.27. The molecule has 7 nitrogen and oxygen atoms in total. The number of benzene rings is 1. The van der Waals surface area contributed by atoms with Crippen LogP contribution in [0.15, 0.2) is 35.5 Å². The summed E-state index contributed by atoms with van der Waals surface area (Å²) < 4.78 is 5.34. The molecule has 0 spiro atoms. The second-order valence-electron chi connectivity index (χ2n) is 5.52. The molecule has 2 aromatic rings. The topological polar surface area (TPSA) is 85.9 Å². The molecule has 0 atom stereocenters. The largest absolute Gasteiger partial charge is 0.480 e. The second-order valence-corrected chi connectivity index (χ2v) is 5.52. The van der Waals surface area contributed by atoms with Crippen LogP contribution in [0.25, 0.3) is 0 Å². The van der Waals surface area contributed by atoms with Gasteiger partial charge in [-0.05, 0) is 18.4 Å². The first kappa shape index (κ1) is 16.0. The third kappa shape index (κ3) is 3.73. The van der Waals surface area contributed by atoms with E-state index in [9.17, 15) is 0 Å². The lowest BCUT2D eigenvalue weighted by Gasteiger charge is -2.19. The third-order valence-electron chi connectivity index (χ3n) is 3.84. The molecule has 2 N–H and O–H groups in total. The van der Waals surface area contributed by atoms with Crippen molar-refractivity contribution in [2.45, 2.75) is 19.4 Å². The van der Waals surface area contributed by atoms with E-state index in [1.807, 2.05) is 30.3 Å². The van der Waals surface area contributed by atoms with Crippen LogP contribution in [0.3, 0.4) is 0 Å². The van der Waals surface area contributed by atoms with Crippen molar-refractivity contribution in [1.82, 2.24) is 9.97 Å². The maximum Gasteiger partial charge on any atom is 0.229 e. The molecular formula is C17H21N5O2. The molecule has 0 saturated carbocycles. The van der Waals surface area contributed by atoms with E-state index in [0.717, 1.165) is 37.3 Å². The number of rotatable bonds is 6. The highest BCUT2D eigenvalue weighted by Gasteiger charge is 2.21. The van der Waals surface area contributed by atoms with Gasteiger partial charge in [-0.2, -0.15) is 9.97 Å². The van der Waals surface area contributed by atoms with E-state index in [1.54, 1.807) is 13.3 Å². The van der Waals surface area contributed by atoms with Gasteiger partial charge in [0.25, 0.3) is 0 Å². The van der Waals surface area contributed by atoms with Crippen molar-refractivity contribution in [2.75, 3.05) is 30.8 Å². The van der Waals surface area contributed by atoms with Crippen molar-refractivity contribution in [2.24, 2.45) is 5.16 Å². The smallest absolute Gasteiger partial charge is 0.229 e. The Morgan fingerprint density at radius 1 is 1.21 bits per heavy atom. The van der Waals surface area contributed by atoms with Gasteiger partial charge < -0.3 is 20.2 Å². The fraction of sp³-hybridized carbons (Fsp3) is 0.353. The molecule has 0 bridgehead atoms. The first-order valence-corrected chi connectivity index (χ1v) is 7.93. The maximum absolute atomic E-state index is 5.80. The first-order chi connectivity index (χ1) is 11.8. The third-order valence-corrected chi connectivity index (χ3v) is 3.84. The number of nitrogens with zero attached hydrogens (tertiary/aromatic N) is 4. The zero-order chi connectivity index (χ0) is 16.8. The van der Waals surface area contributed by atoms with Crippen LogP contribution in [-0.4, -0.2) is 36.4 Å². The lowest BCUT2D eigenvalue weighted by atomic mass is 10.2. The minimum atomic E-state index is 0.191. The average Bonchev–Trinajstić information content (AvgIpc) is 3.14. The summed E-state index contributed by atoms with van der Waals surface area (Å²) in [4.78, 5) is 16.0. The van der Waals surface area contributed by atoms with Crippen LogP contribution in [0.5, 0.6) is 5.88 Å². The van der Waals surface area contributed by atoms with Gasteiger partial charge in [-0.15, -0.1) is 0 Å². The normalized spacial score (nSPS) is 14.3. The Bertz CT molecular complexity index is 700. The predicted molar refractivity (Wildman–Crippen MR) is 93.3 cm³/mol. The first-order valence-electron chi connectivity index (χ1n) is 7.93. The molecule has 1 aromatic heterocycles. The lowest BCUT2D eigenvalue weighted by molar-refractivity contribution is 0.132. The van der Waals surface area contributed by atoms with Crippen molar-refractivity contribution in [3.63, 3.8) is 0 Å². The van der Waals surface area contributed by atoms with Gasteiger partial charge in [0.2, 0.25) is 11.8 Å². The van der Waals surface area contributed by atoms with Crippen molar-refractivity contribution >= 4 is 18.0 Å². The molecule has 0 unspecified atom stereocenters. The molecule has 7 heteroatoms. The summed E-state index contributed by atoms with van der Waals surface area (Å²) in [6.07, 6.45) is 3.86. The molecule has 1 fully saturated rings. The number of hydrogen-bond acceptors (Lipinski definition) is 7. The molecule has 2 heterocycles. The Balaban J connectivity index is 1.78. The van der Waals surface area contributed by atoms with Crippen molar-refractivity contribution in [1.29, 1.82) is 0 Å². The number of aromatic nitrogens is 2. The summed E-state index contributed by atoms with van der Waals surface area (Å²) in [7, 11) is 1.55. The maximum atomic E-state index is 5.80. The Hall–Kier alpha value is -2.83. The minimum absolute atomic E-state index is 0.191. The van der Waals surface area contributed by atoms with Crippen molar-refractivity contribution in [3.05, 3.63) is 41.5 Å². The van der Waals surface area contributed by atoms with Crippen LogP contribution < -0.4 is 15.4 Å². The molecule has 24 heavy (non-hydrogen) atoms. The van der Waals surface area contributed by atoms with E-state index < -0.39 is 0 Å². The number of nitrogen functional groups attached to an aromatic ring is 1. The molecule has 126 valence electrons. The highest BCUT2D eigenvalue weighted by Crippen LogP contribution is 2.28. The van der Waals surface area contributed by atoms with E-state index in [2.05, 4.69) is 20.0 Å². The molecule has 0 aliphatic carbocycles. The Morgan fingerprint density at radius 3 is 2.67 bits per heavy atom. The number of ether oxygens (including phenoxy) is 1. The summed E-state index contributed by atoms with van der Waals surface area (Å²) in [5.74, 6) is 1.33. The lowest BCUT2D eigenvalue weighted by Crippen LogP contribution is -2.22. The van der Waals surface area contributed by atoms with Gasteiger partial charge in [0, 0.05) is 13.1 Å². The van der Waals surface area contributed by atoms with E-state index in [-0.39, 0.29) is 5.95 Å². The molecule has 1 aliphatic heterocycles. The van der Waals surface area contributed by atoms with E-state index in [4.69, 9.17) is 15.3 Å². The number of hydrogen-bond donors (Lipinski definition) is 1. The molecule has 1 saturated heterocycles. The molecule has 1 aliphatic rings. The van der Waals surface area contributed by atoms with E-state index >= 15 is 0 Å².